The summed E-state index contributed by atoms with van der Waals surface area (Å²) in [5, 5.41) is 1.38. The van der Waals surface area contributed by atoms with E-state index in [-0.39, 0.29) is 27.1 Å². The average molecular weight is 388 g/mol. The molecule has 0 aliphatic rings. The maximum absolute atomic E-state index is 13.1. The van der Waals surface area contributed by atoms with Gasteiger partial charge >= 0.3 is 0 Å². The molecule has 28 heavy (non-hydrogen) atoms. The highest BCUT2D eigenvalue weighted by Crippen LogP contribution is 2.43. The third-order valence-electron chi connectivity index (χ3n) is 5.16. The van der Waals surface area contributed by atoms with Crippen LogP contribution in [-0.2, 0) is 5.41 Å². The Labute approximate surface area is 167 Å². The maximum atomic E-state index is 13.1. The minimum Gasteiger partial charge on any atom is -0.295 e. The predicted octanol–water partition coefficient (Wildman–Crippen LogP) is 6.59. The lowest BCUT2D eigenvalue weighted by Gasteiger charge is -2.18. The first kappa shape index (κ1) is 18.6. The molecule has 0 N–H and O–H groups in total. The van der Waals surface area contributed by atoms with E-state index in [1.807, 2.05) is 30.3 Å². The summed E-state index contributed by atoms with van der Waals surface area (Å²) in [5.74, 6) is -0.0242. The van der Waals surface area contributed by atoms with E-state index in [9.17, 15) is 9.59 Å². The van der Waals surface area contributed by atoms with Gasteiger partial charge in [-0.15, -0.1) is 0 Å². The monoisotopic (exact) mass is 387 g/mol. The second-order valence-electron chi connectivity index (χ2n) is 8.17. The van der Waals surface area contributed by atoms with Gasteiger partial charge in [-0.2, -0.15) is 0 Å². The van der Waals surface area contributed by atoms with Crippen molar-refractivity contribution in [1.82, 2.24) is 0 Å². The standard InChI is InChI=1S/C25H23O2S/c1-16(26)17-9-14-23-21(15-17)24(27)20-7-5-6-8-22(20)28(23)19-12-10-18(11-13-19)25(2,3)4/h5-15H,1-4H3/q+1. The van der Waals surface area contributed by atoms with E-state index in [0.29, 0.717) is 10.9 Å². The Hall–Kier alpha value is -2.78. The van der Waals surface area contributed by atoms with Gasteiger partial charge in [-0.05, 0) is 60.4 Å². The summed E-state index contributed by atoms with van der Waals surface area (Å²) in [6.45, 7) is 8.15. The maximum Gasteiger partial charge on any atom is 0.204 e. The highest BCUT2D eigenvalue weighted by atomic mass is 32.2. The third kappa shape index (κ3) is 3.06. The number of carbonyl (C=O) groups is 1. The van der Waals surface area contributed by atoms with E-state index >= 15 is 0 Å². The number of hydrogen-bond donors (Lipinski definition) is 0. The molecular formula is C25H23O2S+. The van der Waals surface area contributed by atoms with Gasteiger partial charge in [-0.1, -0.05) is 45.0 Å². The van der Waals surface area contributed by atoms with Crippen LogP contribution in [0.15, 0.2) is 71.5 Å². The lowest BCUT2D eigenvalue weighted by atomic mass is 9.87. The summed E-state index contributed by atoms with van der Waals surface area (Å²) < 4.78 is 2.05. The van der Waals surface area contributed by atoms with E-state index in [4.69, 9.17) is 0 Å². The Kier molecular flexibility index (Phi) is 4.43. The molecule has 0 saturated carbocycles. The van der Waals surface area contributed by atoms with E-state index in [0.717, 1.165) is 14.8 Å². The first-order valence-corrected chi connectivity index (χ1v) is 10.6. The average Bonchev–Trinajstić information content (AvgIpc) is 2.67. The molecular weight excluding hydrogens is 364 g/mol. The smallest absolute Gasteiger partial charge is 0.204 e. The second-order valence-corrected chi connectivity index (χ2v) is 10.1. The first-order valence-electron chi connectivity index (χ1n) is 9.41. The van der Waals surface area contributed by atoms with Crippen LogP contribution in [0, 0.1) is 0 Å². The minimum absolute atomic E-state index is 0.00348. The Morgan fingerprint density at radius 2 is 1.46 bits per heavy atom. The normalized spacial score (nSPS) is 12.5. The van der Waals surface area contributed by atoms with E-state index in [1.165, 1.54) is 17.4 Å². The van der Waals surface area contributed by atoms with Gasteiger partial charge in [-0.25, -0.2) is 0 Å². The van der Waals surface area contributed by atoms with Crippen LogP contribution in [0.25, 0.3) is 25.1 Å². The van der Waals surface area contributed by atoms with Crippen molar-refractivity contribution in [2.24, 2.45) is 0 Å². The van der Waals surface area contributed by atoms with Crippen molar-refractivity contribution in [3.8, 4) is 4.90 Å². The molecule has 0 spiro atoms. The summed E-state index contributed by atoms with van der Waals surface area (Å²) >= 11 is 0. The highest BCUT2D eigenvalue weighted by Gasteiger charge is 2.24. The van der Waals surface area contributed by atoms with Crippen LogP contribution in [-0.4, -0.2) is 5.78 Å². The van der Waals surface area contributed by atoms with Gasteiger partial charge in [0.1, 0.15) is 0 Å². The Bertz CT molecular complexity index is 1270. The van der Waals surface area contributed by atoms with Gasteiger partial charge in [0.05, 0.1) is 10.8 Å². The molecule has 0 aliphatic carbocycles. The van der Waals surface area contributed by atoms with Gasteiger partial charge in [0.15, 0.2) is 20.1 Å². The van der Waals surface area contributed by atoms with Crippen LogP contribution < -0.4 is 5.43 Å². The molecule has 3 aromatic carbocycles. The van der Waals surface area contributed by atoms with Crippen molar-refractivity contribution in [3.05, 3.63) is 88.1 Å². The summed E-state index contributed by atoms with van der Waals surface area (Å²) in [4.78, 5) is 26.2. The number of fused-ring (bicyclic) bond motifs is 2. The molecule has 0 saturated heterocycles. The minimum atomic E-state index is -0.367. The van der Waals surface area contributed by atoms with Gasteiger partial charge in [0.2, 0.25) is 5.43 Å². The lowest BCUT2D eigenvalue weighted by molar-refractivity contribution is 0.101. The lowest BCUT2D eigenvalue weighted by Crippen LogP contribution is -2.10. The van der Waals surface area contributed by atoms with Crippen LogP contribution in [0.2, 0.25) is 0 Å². The van der Waals surface area contributed by atoms with Crippen LogP contribution in [0.4, 0.5) is 0 Å². The largest absolute Gasteiger partial charge is 0.295 e. The second kappa shape index (κ2) is 6.68. The van der Waals surface area contributed by atoms with Gasteiger partial charge in [0, 0.05) is 16.0 Å². The summed E-state index contributed by atoms with van der Waals surface area (Å²) in [7, 11) is -0.367. The molecule has 1 atom stereocenters. The fourth-order valence-corrected chi connectivity index (χ4v) is 5.87. The molecule has 3 heteroatoms. The zero-order chi connectivity index (χ0) is 20.1. The Morgan fingerprint density at radius 3 is 2.11 bits per heavy atom. The predicted molar refractivity (Wildman–Crippen MR) is 120 cm³/mol. The quantitative estimate of drug-likeness (QED) is 0.221. The van der Waals surface area contributed by atoms with Crippen molar-refractivity contribution in [2.45, 2.75) is 33.1 Å². The molecule has 0 amide bonds. The third-order valence-corrected chi connectivity index (χ3v) is 7.49. The molecule has 0 bridgehead atoms. The molecule has 1 unspecified atom stereocenters. The number of benzene rings is 3. The summed E-state index contributed by atoms with van der Waals surface area (Å²) in [6, 6.07) is 22.1. The summed E-state index contributed by atoms with van der Waals surface area (Å²) in [5.41, 5.74) is 1.96. The molecule has 2 nitrogen and oxygen atoms in total. The van der Waals surface area contributed by atoms with E-state index in [1.54, 1.807) is 6.07 Å². The molecule has 0 radical (unpaired) electrons. The first-order chi connectivity index (χ1) is 13.3. The fourth-order valence-electron chi connectivity index (χ4n) is 3.55. The van der Waals surface area contributed by atoms with Crippen molar-refractivity contribution < 1.29 is 4.79 Å². The van der Waals surface area contributed by atoms with Gasteiger partial charge in [0.25, 0.3) is 0 Å². The van der Waals surface area contributed by atoms with Crippen LogP contribution in [0.1, 0.15) is 43.6 Å². The summed E-state index contributed by atoms with van der Waals surface area (Å²) in [6.07, 6.45) is 0. The molecule has 1 heterocycles. The molecule has 4 rings (SSSR count). The zero-order valence-electron chi connectivity index (χ0n) is 16.6. The Balaban J connectivity index is 2.10. The Morgan fingerprint density at radius 1 is 0.821 bits per heavy atom. The molecule has 1 aromatic heterocycles. The highest BCUT2D eigenvalue weighted by molar-refractivity contribution is 7.49. The molecule has 0 aliphatic heterocycles. The van der Waals surface area contributed by atoms with Crippen molar-refractivity contribution in [2.75, 3.05) is 0 Å². The van der Waals surface area contributed by atoms with Crippen LogP contribution >= 0.6 is 10.5 Å². The zero-order valence-corrected chi connectivity index (χ0v) is 17.4. The molecule has 4 aromatic rings. The van der Waals surface area contributed by atoms with E-state index < -0.39 is 0 Å². The number of rotatable bonds is 2. The van der Waals surface area contributed by atoms with Crippen molar-refractivity contribution in [3.63, 3.8) is 0 Å². The topological polar surface area (TPSA) is 34.1 Å². The number of hydrogen-bond acceptors (Lipinski definition) is 2. The van der Waals surface area contributed by atoms with Gasteiger partial charge in [-0.3, -0.25) is 9.59 Å². The number of Topliss-reactive ketones (excluding diaryl/α,β-unsaturated/α-hetero) is 1. The molecule has 0 fully saturated rings. The number of ketones is 1. The fraction of sp³-hybridized carbons (Fsp3) is 0.200. The van der Waals surface area contributed by atoms with Crippen molar-refractivity contribution in [1.29, 1.82) is 0 Å². The number of carbonyl (C=O) groups excluding carboxylic acids is 1. The van der Waals surface area contributed by atoms with Crippen molar-refractivity contribution >= 4 is 36.4 Å². The van der Waals surface area contributed by atoms with Crippen LogP contribution in [0.3, 0.4) is 0 Å². The van der Waals surface area contributed by atoms with E-state index in [2.05, 4.69) is 51.1 Å². The SMILES string of the molecule is CC(=O)c1ccc2c(c1)c(=O)c1ccccc1[s+]2-c1ccc(C(C)(C)C)cc1. The molecule has 140 valence electrons. The van der Waals surface area contributed by atoms with Gasteiger partial charge < -0.3 is 0 Å². The van der Waals surface area contributed by atoms with Crippen LogP contribution in [0.5, 0.6) is 0 Å².